The summed E-state index contributed by atoms with van der Waals surface area (Å²) in [6.07, 6.45) is 0.303. The molecule has 1 aliphatic heterocycles. The number of rotatable bonds is 3. The topological polar surface area (TPSA) is 102 Å². The summed E-state index contributed by atoms with van der Waals surface area (Å²) in [5, 5.41) is 7.62. The maximum atomic E-state index is 12.5. The number of para-hydroxylation sites is 2. The van der Waals surface area contributed by atoms with Gasteiger partial charge in [0.25, 0.3) is 0 Å². The highest BCUT2D eigenvalue weighted by atomic mass is 16.5. The number of imidazole rings is 1. The molecule has 3 heterocycles. The Balaban J connectivity index is 1.60. The summed E-state index contributed by atoms with van der Waals surface area (Å²) in [4.78, 5) is 32.1. The number of anilines is 1. The first-order valence-corrected chi connectivity index (χ1v) is 9.58. The number of benzene rings is 2. The molecule has 0 fully saturated rings. The van der Waals surface area contributed by atoms with Gasteiger partial charge in [-0.1, -0.05) is 24.3 Å². The van der Waals surface area contributed by atoms with Gasteiger partial charge in [-0.25, -0.2) is 9.78 Å². The van der Waals surface area contributed by atoms with Gasteiger partial charge >= 0.3 is 5.97 Å². The molecule has 5 rings (SSSR count). The average molecular weight is 401 g/mol. The number of esters is 1. The molecule has 1 amide bonds. The van der Waals surface area contributed by atoms with E-state index in [-0.39, 0.29) is 11.8 Å². The number of methoxy groups -OCH3 is 1. The van der Waals surface area contributed by atoms with Crippen LogP contribution in [0.5, 0.6) is 0 Å². The molecular formula is C22H19N5O3. The van der Waals surface area contributed by atoms with Crippen LogP contribution in [0.1, 0.15) is 39.5 Å². The SMILES string of the molecule is COC(=O)c1ccc(C2CC(=O)Nc3c2c(C)nn3-c2nc3ccccc3[nH]2)cc1. The first kappa shape index (κ1) is 18.1. The number of carbonyl (C=O) groups excluding carboxylic acids is 2. The van der Waals surface area contributed by atoms with Gasteiger partial charge < -0.3 is 15.0 Å². The van der Waals surface area contributed by atoms with E-state index in [0.29, 0.717) is 23.8 Å². The lowest BCUT2D eigenvalue weighted by Crippen LogP contribution is -2.25. The third kappa shape index (κ3) is 2.85. The Hall–Kier alpha value is -3.94. The minimum atomic E-state index is -0.391. The van der Waals surface area contributed by atoms with Gasteiger partial charge in [0, 0.05) is 17.9 Å². The van der Waals surface area contributed by atoms with Crippen LogP contribution < -0.4 is 5.32 Å². The number of nitrogens with one attached hydrogen (secondary N) is 2. The third-order valence-electron chi connectivity index (χ3n) is 5.41. The van der Waals surface area contributed by atoms with Gasteiger partial charge in [-0.15, -0.1) is 0 Å². The molecule has 4 aromatic rings. The van der Waals surface area contributed by atoms with E-state index in [1.807, 2.05) is 43.3 Å². The van der Waals surface area contributed by atoms with Crippen LogP contribution in [-0.4, -0.2) is 38.7 Å². The molecule has 0 radical (unpaired) electrons. The number of hydrogen-bond donors (Lipinski definition) is 2. The Morgan fingerprint density at radius 1 is 1.17 bits per heavy atom. The molecule has 30 heavy (non-hydrogen) atoms. The molecule has 2 aromatic heterocycles. The van der Waals surface area contributed by atoms with Crippen LogP contribution in [0, 0.1) is 6.92 Å². The molecular weight excluding hydrogens is 382 g/mol. The predicted octanol–water partition coefficient (Wildman–Crippen LogP) is 3.32. The van der Waals surface area contributed by atoms with E-state index in [1.165, 1.54) is 7.11 Å². The van der Waals surface area contributed by atoms with Crippen LogP contribution in [0.15, 0.2) is 48.5 Å². The third-order valence-corrected chi connectivity index (χ3v) is 5.41. The molecule has 1 atom stereocenters. The van der Waals surface area contributed by atoms with Crippen molar-refractivity contribution in [3.8, 4) is 5.95 Å². The number of aryl methyl sites for hydroxylation is 1. The first-order chi connectivity index (χ1) is 14.5. The second-order valence-electron chi connectivity index (χ2n) is 7.26. The van der Waals surface area contributed by atoms with Gasteiger partial charge in [0.15, 0.2) is 0 Å². The highest BCUT2D eigenvalue weighted by Crippen LogP contribution is 2.40. The molecule has 150 valence electrons. The van der Waals surface area contributed by atoms with Gasteiger partial charge in [-0.3, -0.25) is 4.79 Å². The molecule has 2 N–H and O–H groups in total. The minimum absolute atomic E-state index is 0.0956. The zero-order valence-electron chi connectivity index (χ0n) is 16.5. The van der Waals surface area contributed by atoms with Gasteiger partial charge in [0.05, 0.1) is 29.4 Å². The molecule has 0 aliphatic carbocycles. The van der Waals surface area contributed by atoms with Crippen molar-refractivity contribution >= 4 is 28.7 Å². The zero-order valence-corrected chi connectivity index (χ0v) is 16.5. The Labute approximate surface area is 171 Å². The smallest absolute Gasteiger partial charge is 0.337 e. The Bertz CT molecular complexity index is 1250. The number of amides is 1. The molecule has 1 unspecified atom stereocenters. The molecule has 8 nitrogen and oxygen atoms in total. The quantitative estimate of drug-likeness (QED) is 0.513. The molecule has 2 aromatic carbocycles. The molecule has 1 aliphatic rings. The fourth-order valence-corrected chi connectivity index (χ4v) is 3.99. The normalized spacial score (nSPS) is 15.7. The van der Waals surface area contributed by atoms with Crippen LogP contribution in [0.3, 0.4) is 0 Å². The summed E-state index contributed by atoms with van der Waals surface area (Å²) < 4.78 is 6.41. The average Bonchev–Trinajstić information content (AvgIpc) is 3.33. The van der Waals surface area contributed by atoms with Crippen LogP contribution in [0.25, 0.3) is 17.0 Å². The number of nitrogens with zero attached hydrogens (tertiary/aromatic N) is 3. The number of aromatic amines is 1. The summed E-state index contributed by atoms with van der Waals surface area (Å²) in [5.41, 5.74) is 4.88. The van der Waals surface area contributed by atoms with Crippen molar-refractivity contribution in [3.63, 3.8) is 0 Å². The standard InChI is InChI=1S/C22H19N5O3/c1-12-19-15(13-7-9-14(10-8-13)21(29)30-2)11-18(28)25-20(19)27(26-12)22-23-16-5-3-4-6-17(16)24-22/h3-10,15H,11H2,1-2H3,(H,23,24)(H,25,28). The van der Waals surface area contributed by atoms with Crippen LogP contribution in [-0.2, 0) is 9.53 Å². The predicted molar refractivity (Wildman–Crippen MR) is 111 cm³/mol. The highest BCUT2D eigenvalue weighted by Gasteiger charge is 2.33. The van der Waals surface area contributed by atoms with E-state index < -0.39 is 5.97 Å². The number of ether oxygens (including phenoxy) is 1. The Morgan fingerprint density at radius 2 is 1.93 bits per heavy atom. The van der Waals surface area contributed by atoms with Crippen LogP contribution >= 0.6 is 0 Å². The lowest BCUT2D eigenvalue weighted by molar-refractivity contribution is -0.116. The van der Waals surface area contributed by atoms with Crippen molar-refractivity contribution in [1.29, 1.82) is 0 Å². The van der Waals surface area contributed by atoms with Crippen molar-refractivity contribution in [3.05, 3.63) is 70.9 Å². The molecule has 0 bridgehead atoms. The summed E-state index contributed by atoms with van der Waals surface area (Å²) in [6.45, 7) is 1.92. The van der Waals surface area contributed by atoms with Crippen molar-refractivity contribution < 1.29 is 14.3 Å². The van der Waals surface area contributed by atoms with Crippen molar-refractivity contribution in [2.75, 3.05) is 12.4 Å². The zero-order chi connectivity index (χ0) is 20.8. The van der Waals surface area contributed by atoms with Crippen LogP contribution in [0.2, 0.25) is 0 Å². The van der Waals surface area contributed by atoms with Crippen LogP contribution in [0.4, 0.5) is 5.82 Å². The fourth-order valence-electron chi connectivity index (χ4n) is 3.99. The molecule has 0 saturated heterocycles. The number of carbonyl (C=O) groups is 2. The number of fused-ring (bicyclic) bond motifs is 2. The van der Waals surface area contributed by atoms with Crippen molar-refractivity contribution in [2.45, 2.75) is 19.3 Å². The summed E-state index contributed by atoms with van der Waals surface area (Å²) in [6, 6.07) is 14.9. The van der Waals surface area contributed by atoms with Gasteiger partial charge in [0.2, 0.25) is 11.9 Å². The summed E-state index contributed by atoms with van der Waals surface area (Å²) in [7, 11) is 1.35. The minimum Gasteiger partial charge on any atom is -0.465 e. The fraction of sp³-hybridized carbons (Fsp3) is 0.182. The van der Waals surface area contributed by atoms with E-state index in [0.717, 1.165) is 27.9 Å². The van der Waals surface area contributed by atoms with E-state index in [2.05, 4.69) is 20.4 Å². The largest absolute Gasteiger partial charge is 0.465 e. The Morgan fingerprint density at radius 3 is 2.67 bits per heavy atom. The lowest BCUT2D eigenvalue weighted by Gasteiger charge is -2.24. The van der Waals surface area contributed by atoms with Crippen molar-refractivity contribution in [1.82, 2.24) is 19.7 Å². The number of H-pyrrole nitrogens is 1. The van der Waals surface area contributed by atoms with E-state index in [9.17, 15) is 9.59 Å². The second-order valence-corrected chi connectivity index (χ2v) is 7.26. The van der Waals surface area contributed by atoms with E-state index >= 15 is 0 Å². The van der Waals surface area contributed by atoms with Crippen molar-refractivity contribution in [2.24, 2.45) is 0 Å². The van der Waals surface area contributed by atoms with Gasteiger partial charge in [-0.05, 0) is 36.8 Å². The van der Waals surface area contributed by atoms with Gasteiger partial charge in [-0.2, -0.15) is 9.78 Å². The lowest BCUT2D eigenvalue weighted by atomic mass is 9.85. The monoisotopic (exact) mass is 401 g/mol. The van der Waals surface area contributed by atoms with E-state index in [4.69, 9.17) is 4.74 Å². The highest BCUT2D eigenvalue weighted by molar-refractivity contribution is 5.95. The summed E-state index contributed by atoms with van der Waals surface area (Å²) in [5.74, 6) is 0.505. The first-order valence-electron chi connectivity index (χ1n) is 9.58. The Kier molecular flexibility index (Phi) is 4.13. The molecule has 8 heteroatoms. The molecule has 0 spiro atoms. The maximum absolute atomic E-state index is 12.5. The van der Waals surface area contributed by atoms with Gasteiger partial charge in [0.1, 0.15) is 5.82 Å². The number of aromatic nitrogens is 4. The number of hydrogen-bond acceptors (Lipinski definition) is 5. The molecule has 0 saturated carbocycles. The van der Waals surface area contributed by atoms with E-state index in [1.54, 1.807) is 16.8 Å². The second kappa shape index (κ2) is 6.84. The maximum Gasteiger partial charge on any atom is 0.337 e. The summed E-state index contributed by atoms with van der Waals surface area (Å²) >= 11 is 0.